The van der Waals surface area contributed by atoms with Crippen LogP contribution in [0.2, 0.25) is 0 Å². The molecule has 1 fully saturated rings. The zero-order chi connectivity index (χ0) is 14.9. The first-order valence-electron chi connectivity index (χ1n) is 6.61. The van der Waals surface area contributed by atoms with E-state index in [1.54, 1.807) is 12.1 Å². The molecule has 2 rings (SSSR count). The van der Waals surface area contributed by atoms with Crippen molar-refractivity contribution in [2.45, 2.75) is 19.4 Å². The van der Waals surface area contributed by atoms with Gasteiger partial charge in [-0.05, 0) is 39.6 Å². The Labute approximate surface area is 118 Å². The molecule has 6 heteroatoms. The van der Waals surface area contributed by atoms with Crippen molar-refractivity contribution in [2.24, 2.45) is 0 Å². The Morgan fingerprint density at radius 3 is 2.65 bits per heavy atom. The van der Waals surface area contributed by atoms with Crippen molar-refractivity contribution < 1.29 is 9.72 Å². The van der Waals surface area contributed by atoms with E-state index < -0.39 is 4.92 Å². The minimum Gasteiger partial charge on any atom is -0.370 e. The van der Waals surface area contributed by atoms with E-state index in [0.717, 1.165) is 25.2 Å². The van der Waals surface area contributed by atoms with Gasteiger partial charge in [0.2, 0.25) is 0 Å². The molecule has 0 amide bonds. The maximum atomic E-state index is 11.6. The van der Waals surface area contributed by atoms with Crippen molar-refractivity contribution in [2.75, 3.05) is 32.1 Å². The quantitative estimate of drug-likeness (QED) is 0.478. The van der Waals surface area contributed by atoms with Crippen LogP contribution in [0.1, 0.15) is 23.7 Å². The number of Topliss-reactive ketones (excluding diaryl/α,β-unsaturated/α-hetero) is 1. The SMILES string of the molecule is CC(=O)c1cc(N2CCC(N(C)C)C2)ccc1[N+](=O)[O-]. The smallest absolute Gasteiger partial charge is 0.280 e. The van der Waals surface area contributed by atoms with E-state index in [2.05, 4.69) is 9.80 Å². The molecule has 0 radical (unpaired) electrons. The molecular weight excluding hydrogens is 258 g/mol. The van der Waals surface area contributed by atoms with Crippen molar-refractivity contribution in [1.82, 2.24) is 4.90 Å². The van der Waals surface area contributed by atoms with Crippen LogP contribution in [0, 0.1) is 10.1 Å². The van der Waals surface area contributed by atoms with Crippen LogP contribution in [0.5, 0.6) is 0 Å². The lowest BCUT2D eigenvalue weighted by molar-refractivity contribution is -0.385. The first-order chi connectivity index (χ1) is 9.40. The molecule has 0 spiro atoms. The lowest BCUT2D eigenvalue weighted by Crippen LogP contribution is -2.31. The summed E-state index contributed by atoms with van der Waals surface area (Å²) in [4.78, 5) is 26.4. The van der Waals surface area contributed by atoms with Crippen LogP contribution in [0.3, 0.4) is 0 Å². The van der Waals surface area contributed by atoms with Gasteiger partial charge in [-0.1, -0.05) is 0 Å². The second-order valence-corrected chi connectivity index (χ2v) is 5.37. The van der Waals surface area contributed by atoms with E-state index in [4.69, 9.17) is 0 Å². The van der Waals surface area contributed by atoms with Crippen LogP contribution < -0.4 is 4.90 Å². The van der Waals surface area contributed by atoms with Crippen molar-refractivity contribution in [3.63, 3.8) is 0 Å². The van der Waals surface area contributed by atoms with Gasteiger partial charge in [-0.25, -0.2) is 0 Å². The number of hydrogen-bond donors (Lipinski definition) is 0. The van der Waals surface area contributed by atoms with Gasteiger partial charge in [-0.2, -0.15) is 0 Å². The third-order valence-electron chi connectivity index (χ3n) is 3.81. The summed E-state index contributed by atoms with van der Waals surface area (Å²) >= 11 is 0. The van der Waals surface area contributed by atoms with Crippen LogP contribution in [0.25, 0.3) is 0 Å². The molecule has 1 aliphatic rings. The highest BCUT2D eigenvalue weighted by Crippen LogP contribution is 2.28. The lowest BCUT2D eigenvalue weighted by Gasteiger charge is -2.22. The molecule has 1 saturated heterocycles. The first kappa shape index (κ1) is 14.5. The second-order valence-electron chi connectivity index (χ2n) is 5.37. The van der Waals surface area contributed by atoms with Gasteiger partial charge in [-0.3, -0.25) is 14.9 Å². The largest absolute Gasteiger partial charge is 0.370 e. The number of hydrogen-bond acceptors (Lipinski definition) is 5. The number of nitro groups is 1. The van der Waals surface area contributed by atoms with Gasteiger partial charge in [0.05, 0.1) is 10.5 Å². The molecule has 0 N–H and O–H groups in total. The number of likely N-dealkylation sites (N-methyl/N-ethyl adjacent to an activating group) is 1. The first-order valence-corrected chi connectivity index (χ1v) is 6.61. The molecular formula is C14H19N3O3. The highest BCUT2D eigenvalue weighted by atomic mass is 16.6. The van der Waals surface area contributed by atoms with Crippen molar-refractivity contribution in [1.29, 1.82) is 0 Å². The summed E-state index contributed by atoms with van der Waals surface area (Å²) in [5.41, 5.74) is 0.940. The number of rotatable bonds is 4. The number of carbonyl (C=O) groups is 1. The molecule has 108 valence electrons. The highest BCUT2D eigenvalue weighted by Gasteiger charge is 2.26. The van der Waals surface area contributed by atoms with Crippen LogP contribution in [0.4, 0.5) is 11.4 Å². The number of nitrogens with zero attached hydrogens (tertiary/aromatic N) is 3. The van der Waals surface area contributed by atoms with Gasteiger partial charge in [-0.15, -0.1) is 0 Å². The van der Waals surface area contributed by atoms with Gasteiger partial charge in [0.15, 0.2) is 5.78 Å². The maximum absolute atomic E-state index is 11.6. The van der Waals surface area contributed by atoms with Crippen molar-refractivity contribution >= 4 is 17.2 Å². The second kappa shape index (κ2) is 5.58. The van der Waals surface area contributed by atoms with Crippen LogP contribution in [-0.2, 0) is 0 Å². The number of benzene rings is 1. The minimum absolute atomic E-state index is 0.121. The van der Waals surface area contributed by atoms with Gasteiger partial charge >= 0.3 is 0 Å². The van der Waals surface area contributed by atoms with Crippen molar-refractivity contribution in [3.05, 3.63) is 33.9 Å². The van der Waals surface area contributed by atoms with Gasteiger partial charge in [0, 0.05) is 30.9 Å². The third-order valence-corrected chi connectivity index (χ3v) is 3.81. The Bertz CT molecular complexity index is 542. The van der Waals surface area contributed by atoms with Crippen LogP contribution in [0.15, 0.2) is 18.2 Å². The van der Waals surface area contributed by atoms with Crippen LogP contribution >= 0.6 is 0 Å². The summed E-state index contributed by atoms with van der Waals surface area (Å²) in [6.45, 7) is 3.14. The highest BCUT2D eigenvalue weighted by molar-refractivity contribution is 5.99. The van der Waals surface area contributed by atoms with E-state index in [1.165, 1.54) is 13.0 Å². The zero-order valence-corrected chi connectivity index (χ0v) is 12.0. The molecule has 1 unspecified atom stereocenters. The molecule has 1 aromatic carbocycles. The van der Waals surface area contributed by atoms with E-state index in [-0.39, 0.29) is 17.0 Å². The maximum Gasteiger partial charge on any atom is 0.280 e. The molecule has 1 heterocycles. The van der Waals surface area contributed by atoms with Crippen LogP contribution in [-0.4, -0.2) is 48.8 Å². The summed E-state index contributed by atoms with van der Waals surface area (Å²) in [5, 5.41) is 10.9. The normalized spacial score (nSPS) is 18.6. The summed E-state index contributed by atoms with van der Waals surface area (Å²) in [7, 11) is 4.09. The topological polar surface area (TPSA) is 66.7 Å². The Hall–Kier alpha value is -1.95. The number of ketones is 1. The molecule has 1 atom stereocenters. The van der Waals surface area contributed by atoms with E-state index >= 15 is 0 Å². The third kappa shape index (κ3) is 2.80. The monoisotopic (exact) mass is 277 g/mol. The molecule has 0 aliphatic carbocycles. The lowest BCUT2D eigenvalue weighted by atomic mass is 10.1. The predicted octanol–water partition coefficient (Wildman–Crippen LogP) is 1.94. The summed E-state index contributed by atoms with van der Waals surface area (Å²) in [6.07, 6.45) is 1.05. The standard InChI is InChI=1S/C14H19N3O3/c1-10(18)13-8-11(4-5-14(13)17(19)20)16-7-6-12(9-16)15(2)3/h4-5,8,12H,6-7,9H2,1-3H3. The molecule has 1 aromatic rings. The number of anilines is 1. The predicted molar refractivity (Wildman–Crippen MR) is 77.4 cm³/mol. The summed E-state index contributed by atoms with van der Waals surface area (Å²) in [6, 6.07) is 5.27. The number of nitro benzene ring substituents is 1. The fraction of sp³-hybridized carbons (Fsp3) is 0.500. The van der Waals surface area contributed by atoms with Crippen molar-refractivity contribution in [3.8, 4) is 0 Å². The average Bonchev–Trinajstić information content (AvgIpc) is 2.87. The molecule has 0 saturated carbocycles. The fourth-order valence-electron chi connectivity index (χ4n) is 2.56. The Kier molecular flexibility index (Phi) is 4.04. The Morgan fingerprint density at radius 1 is 1.45 bits per heavy atom. The van der Waals surface area contributed by atoms with Gasteiger partial charge in [0.1, 0.15) is 0 Å². The average molecular weight is 277 g/mol. The molecule has 0 bridgehead atoms. The Morgan fingerprint density at radius 2 is 2.15 bits per heavy atom. The number of carbonyl (C=O) groups excluding carboxylic acids is 1. The van der Waals surface area contributed by atoms with Gasteiger partial charge in [0.25, 0.3) is 5.69 Å². The molecule has 20 heavy (non-hydrogen) atoms. The minimum atomic E-state index is -0.507. The zero-order valence-electron chi connectivity index (χ0n) is 12.0. The Balaban J connectivity index is 2.28. The molecule has 1 aliphatic heterocycles. The fourth-order valence-corrected chi connectivity index (χ4v) is 2.56. The van der Waals surface area contributed by atoms with E-state index in [1.807, 2.05) is 14.1 Å². The molecule has 6 nitrogen and oxygen atoms in total. The van der Waals surface area contributed by atoms with E-state index in [0.29, 0.717) is 6.04 Å². The summed E-state index contributed by atoms with van der Waals surface area (Å²) in [5.74, 6) is -0.276. The van der Waals surface area contributed by atoms with E-state index in [9.17, 15) is 14.9 Å². The van der Waals surface area contributed by atoms with Gasteiger partial charge < -0.3 is 9.80 Å². The molecule has 0 aromatic heterocycles. The summed E-state index contributed by atoms with van der Waals surface area (Å²) < 4.78 is 0.